The van der Waals surface area contributed by atoms with Gasteiger partial charge in [0.1, 0.15) is 13.2 Å². The van der Waals surface area contributed by atoms with Crippen molar-refractivity contribution in [3.8, 4) is 0 Å². The van der Waals surface area contributed by atoms with Crippen LogP contribution in [0.4, 0.5) is 0 Å². The monoisotopic (exact) mass is 961 g/mol. The molecular formula is C63H108O6. The molecule has 0 aliphatic rings. The number of carbonyl (C=O) groups excluding carboxylic acids is 3. The molecule has 0 saturated carbocycles. The molecule has 0 bridgehead atoms. The number of hydrogen-bond donors (Lipinski definition) is 0. The van der Waals surface area contributed by atoms with Crippen LogP contribution in [0.2, 0.25) is 0 Å². The highest BCUT2D eigenvalue weighted by molar-refractivity contribution is 5.71. The lowest BCUT2D eigenvalue weighted by Gasteiger charge is -2.18. The minimum absolute atomic E-state index is 0.0851. The summed E-state index contributed by atoms with van der Waals surface area (Å²) in [7, 11) is 0. The largest absolute Gasteiger partial charge is 0.462 e. The molecule has 6 heteroatoms. The van der Waals surface area contributed by atoms with Gasteiger partial charge >= 0.3 is 17.9 Å². The van der Waals surface area contributed by atoms with Crippen molar-refractivity contribution in [2.24, 2.45) is 0 Å². The number of hydrogen-bond acceptors (Lipinski definition) is 6. The third kappa shape index (κ3) is 55.4. The lowest BCUT2D eigenvalue weighted by atomic mass is 10.0. The van der Waals surface area contributed by atoms with Gasteiger partial charge in [0.05, 0.1) is 0 Å². The van der Waals surface area contributed by atoms with Crippen LogP contribution in [0.1, 0.15) is 278 Å². The normalized spacial score (nSPS) is 12.7. The van der Waals surface area contributed by atoms with Crippen LogP contribution in [0.5, 0.6) is 0 Å². The lowest BCUT2D eigenvalue weighted by Crippen LogP contribution is -2.30. The Morgan fingerprint density at radius 2 is 0.580 bits per heavy atom. The van der Waals surface area contributed by atoms with Gasteiger partial charge in [0.2, 0.25) is 0 Å². The van der Waals surface area contributed by atoms with Crippen molar-refractivity contribution < 1.29 is 28.6 Å². The van der Waals surface area contributed by atoms with Gasteiger partial charge < -0.3 is 14.2 Å². The van der Waals surface area contributed by atoms with E-state index in [-0.39, 0.29) is 31.1 Å². The van der Waals surface area contributed by atoms with Gasteiger partial charge in [-0.1, -0.05) is 234 Å². The summed E-state index contributed by atoms with van der Waals surface area (Å²) in [5, 5.41) is 0. The molecule has 0 rings (SSSR count). The molecule has 0 aromatic heterocycles. The number of allylic oxidation sites excluding steroid dienone is 14. The summed E-state index contributed by atoms with van der Waals surface area (Å²) in [5.41, 5.74) is 0. The Balaban J connectivity index is 4.28. The molecule has 0 N–H and O–H groups in total. The summed E-state index contributed by atoms with van der Waals surface area (Å²) in [4.78, 5) is 38.1. The first-order chi connectivity index (χ1) is 34.0. The van der Waals surface area contributed by atoms with Crippen molar-refractivity contribution in [3.05, 3.63) is 85.1 Å². The summed E-state index contributed by atoms with van der Waals surface area (Å²) in [6.45, 7) is 6.45. The summed E-state index contributed by atoms with van der Waals surface area (Å²) < 4.78 is 16.8. The minimum atomic E-state index is -0.787. The van der Waals surface area contributed by atoms with Crippen molar-refractivity contribution in [2.45, 2.75) is 284 Å². The fraction of sp³-hybridized carbons (Fsp3) is 0.730. The number of unbranched alkanes of at least 4 members (excludes halogenated alkanes) is 27. The first-order valence-electron chi connectivity index (χ1n) is 29.1. The van der Waals surface area contributed by atoms with Crippen LogP contribution >= 0.6 is 0 Å². The predicted octanol–water partition coefficient (Wildman–Crippen LogP) is 19.5. The van der Waals surface area contributed by atoms with E-state index in [4.69, 9.17) is 14.2 Å². The molecule has 0 aliphatic carbocycles. The molecule has 69 heavy (non-hydrogen) atoms. The molecule has 0 heterocycles. The van der Waals surface area contributed by atoms with Gasteiger partial charge in [0.25, 0.3) is 0 Å². The summed E-state index contributed by atoms with van der Waals surface area (Å²) in [5.74, 6) is -0.905. The summed E-state index contributed by atoms with van der Waals surface area (Å²) in [6.07, 6.45) is 74.3. The average Bonchev–Trinajstić information content (AvgIpc) is 3.35. The molecule has 1 unspecified atom stereocenters. The van der Waals surface area contributed by atoms with Gasteiger partial charge in [-0.15, -0.1) is 0 Å². The second-order valence-electron chi connectivity index (χ2n) is 19.2. The highest BCUT2D eigenvalue weighted by Crippen LogP contribution is 2.15. The fourth-order valence-electron chi connectivity index (χ4n) is 7.97. The third-order valence-electron chi connectivity index (χ3n) is 12.4. The molecule has 0 spiro atoms. The van der Waals surface area contributed by atoms with Gasteiger partial charge in [0.15, 0.2) is 6.10 Å². The fourth-order valence-corrected chi connectivity index (χ4v) is 7.97. The average molecular weight is 962 g/mol. The first-order valence-corrected chi connectivity index (χ1v) is 29.1. The lowest BCUT2D eigenvalue weighted by molar-refractivity contribution is -0.167. The maximum Gasteiger partial charge on any atom is 0.306 e. The van der Waals surface area contributed by atoms with E-state index in [2.05, 4.69) is 106 Å². The number of esters is 3. The number of carbonyl (C=O) groups is 3. The quantitative estimate of drug-likeness (QED) is 0.0262. The molecule has 0 saturated heterocycles. The standard InChI is InChI=1S/C63H108O6/c1-4-7-10-13-16-19-22-25-27-28-29-30-31-32-33-34-35-36-37-39-41-44-47-50-53-56-62(65)68-59-60(58-67-61(64)55-52-49-46-43-40-24-21-18-15-12-9-6-3)69-63(66)57-54-51-48-45-42-38-26-23-20-17-14-11-8-5-2/h7,10,14,16-19,21,23,25-27,29-30,60H,4-6,8-9,11-13,15,20,22,24,28,31-59H2,1-3H3/b10-7-,17-14-,19-16-,21-18-,26-23-,27-25-,30-29-. The van der Waals surface area contributed by atoms with E-state index in [1.54, 1.807) is 0 Å². The van der Waals surface area contributed by atoms with Gasteiger partial charge in [-0.05, 0) is 109 Å². The molecule has 0 aliphatic heterocycles. The zero-order valence-electron chi connectivity index (χ0n) is 45.3. The van der Waals surface area contributed by atoms with Crippen LogP contribution in [0, 0.1) is 0 Å². The number of rotatable bonds is 52. The zero-order chi connectivity index (χ0) is 50.0. The van der Waals surface area contributed by atoms with Crippen LogP contribution in [-0.2, 0) is 28.6 Å². The highest BCUT2D eigenvalue weighted by Gasteiger charge is 2.19. The Kier molecular flexibility index (Phi) is 54.3. The van der Waals surface area contributed by atoms with Crippen LogP contribution in [0.15, 0.2) is 85.1 Å². The topological polar surface area (TPSA) is 78.9 Å². The van der Waals surface area contributed by atoms with Crippen molar-refractivity contribution in [1.82, 2.24) is 0 Å². The minimum Gasteiger partial charge on any atom is -0.462 e. The van der Waals surface area contributed by atoms with E-state index in [1.165, 1.54) is 122 Å². The van der Waals surface area contributed by atoms with Crippen molar-refractivity contribution in [2.75, 3.05) is 13.2 Å². The number of ether oxygens (including phenoxy) is 3. The van der Waals surface area contributed by atoms with Crippen LogP contribution in [0.3, 0.4) is 0 Å². The molecule has 0 aromatic rings. The smallest absolute Gasteiger partial charge is 0.306 e. The molecular weight excluding hydrogens is 853 g/mol. The van der Waals surface area contributed by atoms with Crippen molar-refractivity contribution in [3.63, 3.8) is 0 Å². The summed E-state index contributed by atoms with van der Waals surface area (Å²) in [6, 6.07) is 0. The highest BCUT2D eigenvalue weighted by atomic mass is 16.6. The Morgan fingerprint density at radius 3 is 0.942 bits per heavy atom. The Hall–Kier alpha value is -3.41. The Bertz CT molecular complexity index is 1330. The predicted molar refractivity (Wildman–Crippen MR) is 297 cm³/mol. The van der Waals surface area contributed by atoms with E-state index in [0.717, 1.165) is 116 Å². The van der Waals surface area contributed by atoms with E-state index >= 15 is 0 Å². The molecule has 6 nitrogen and oxygen atoms in total. The maximum absolute atomic E-state index is 12.8. The second kappa shape index (κ2) is 57.2. The SMILES string of the molecule is CC/C=C\C/C=C\C/C=C\C/C=C\CCCCCCCCCCCCCCC(=O)OCC(COC(=O)CCCCCCC/C=C\CCCCC)OC(=O)CCCCCCC/C=C\C/C=C\CCCC. The Labute approximate surface area is 426 Å². The third-order valence-corrected chi connectivity index (χ3v) is 12.4. The van der Waals surface area contributed by atoms with Gasteiger partial charge in [-0.3, -0.25) is 14.4 Å². The molecule has 0 aromatic carbocycles. The zero-order valence-corrected chi connectivity index (χ0v) is 45.3. The second-order valence-corrected chi connectivity index (χ2v) is 19.2. The van der Waals surface area contributed by atoms with Gasteiger partial charge in [0, 0.05) is 19.3 Å². The van der Waals surface area contributed by atoms with Crippen molar-refractivity contribution in [1.29, 1.82) is 0 Å². The summed E-state index contributed by atoms with van der Waals surface area (Å²) >= 11 is 0. The molecule has 396 valence electrons. The van der Waals surface area contributed by atoms with E-state index in [9.17, 15) is 14.4 Å². The van der Waals surface area contributed by atoms with E-state index in [0.29, 0.717) is 19.3 Å². The molecule has 0 fully saturated rings. The van der Waals surface area contributed by atoms with Crippen LogP contribution < -0.4 is 0 Å². The Morgan fingerprint density at radius 1 is 0.304 bits per heavy atom. The molecule has 1 atom stereocenters. The van der Waals surface area contributed by atoms with Crippen molar-refractivity contribution >= 4 is 17.9 Å². The first kappa shape index (κ1) is 65.6. The van der Waals surface area contributed by atoms with E-state index in [1.807, 2.05) is 0 Å². The van der Waals surface area contributed by atoms with Gasteiger partial charge in [-0.2, -0.15) is 0 Å². The van der Waals surface area contributed by atoms with Crippen LogP contribution in [-0.4, -0.2) is 37.2 Å². The van der Waals surface area contributed by atoms with Crippen LogP contribution in [0.25, 0.3) is 0 Å². The molecule has 0 radical (unpaired) electrons. The maximum atomic E-state index is 12.8. The van der Waals surface area contributed by atoms with E-state index < -0.39 is 6.10 Å². The molecule has 0 amide bonds. The van der Waals surface area contributed by atoms with Gasteiger partial charge in [-0.25, -0.2) is 0 Å².